The van der Waals surface area contributed by atoms with Gasteiger partial charge in [0.1, 0.15) is 0 Å². The Balaban J connectivity index is 1.72. The molecule has 2 fully saturated rings. The summed E-state index contributed by atoms with van der Waals surface area (Å²) >= 11 is 0. The van der Waals surface area contributed by atoms with E-state index in [4.69, 9.17) is 14.2 Å². The molecular weight excluding hydrogens is 204 g/mol. The van der Waals surface area contributed by atoms with Gasteiger partial charge < -0.3 is 14.2 Å². The standard InChI is InChI=1S/C13H20O3/c1-3-14-6-5-10-7-13-11(9-15-4-2)8-12(10)16-13/h3-4,10-13H,1-2,5-9H2. The molecule has 0 radical (unpaired) electrons. The Morgan fingerprint density at radius 3 is 2.38 bits per heavy atom. The van der Waals surface area contributed by atoms with Crippen LogP contribution in [0.3, 0.4) is 0 Å². The van der Waals surface area contributed by atoms with Crippen LogP contribution in [0.2, 0.25) is 0 Å². The van der Waals surface area contributed by atoms with Crippen LogP contribution in [0.1, 0.15) is 19.3 Å². The summed E-state index contributed by atoms with van der Waals surface area (Å²) in [5.41, 5.74) is 0. The van der Waals surface area contributed by atoms with Crippen molar-refractivity contribution in [2.75, 3.05) is 13.2 Å². The van der Waals surface area contributed by atoms with E-state index < -0.39 is 0 Å². The molecular formula is C13H20O3. The molecule has 2 aliphatic heterocycles. The highest BCUT2D eigenvalue weighted by Gasteiger charge is 2.46. The van der Waals surface area contributed by atoms with Crippen molar-refractivity contribution in [3.63, 3.8) is 0 Å². The summed E-state index contributed by atoms with van der Waals surface area (Å²) in [6.07, 6.45) is 7.17. The maximum absolute atomic E-state index is 5.93. The average molecular weight is 224 g/mol. The smallest absolute Gasteiger partial charge is 0.0926 e. The Kier molecular flexibility index (Phi) is 3.88. The zero-order valence-corrected chi connectivity index (χ0v) is 9.64. The third kappa shape index (κ3) is 2.40. The maximum Gasteiger partial charge on any atom is 0.0926 e. The number of hydrogen-bond donors (Lipinski definition) is 0. The second-order valence-corrected chi connectivity index (χ2v) is 4.53. The Labute approximate surface area is 97.1 Å². The maximum atomic E-state index is 5.93. The topological polar surface area (TPSA) is 27.7 Å². The lowest BCUT2D eigenvalue weighted by atomic mass is 9.81. The largest absolute Gasteiger partial charge is 0.502 e. The molecule has 4 atom stereocenters. The lowest BCUT2D eigenvalue weighted by molar-refractivity contribution is 0.0706. The van der Waals surface area contributed by atoms with Crippen molar-refractivity contribution in [1.82, 2.24) is 0 Å². The first-order valence-electron chi connectivity index (χ1n) is 5.95. The van der Waals surface area contributed by atoms with Gasteiger partial charge in [-0.25, -0.2) is 0 Å². The summed E-state index contributed by atoms with van der Waals surface area (Å²) in [7, 11) is 0. The van der Waals surface area contributed by atoms with Gasteiger partial charge in [-0.2, -0.15) is 0 Å². The average Bonchev–Trinajstić information content (AvgIpc) is 2.86. The minimum Gasteiger partial charge on any atom is -0.502 e. The SMILES string of the molecule is C=COCCC1CC2OC1CC2COC=C. The molecule has 0 N–H and O–H groups in total. The fraction of sp³-hybridized carbons (Fsp3) is 0.692. The lowest BCUT2D eigenvalue weighted by Crippen LogP contribution is -2.26. The van der Waals surface area contributed by atoms with Gasteiger partial charge in [0, 0.05) is 5.92 Å². The van der Waals surface area contributed by atoms with Crippen LogP contribution in [0.4, 0.5) is 0 Å². The molecule has 2 aliphatic rings. The third-order valence-corrected chi connectivity index (χ3v) is 3.62. The van der Waals surface area contributed by atoms with E-state index in [0.717, 1.165) is 32.5 Å². The van der Waals surface area contributed by atoms with Crippen molar-refractivity contribution in [3.8, 4) is 0 Å². The molecule has 2 heterocycles. The van der Waals surface area contributed by atoms with Crippen molar-refractivity contribution in [2.45, 2.75) is 31.5 Å². The zero-order valence-electron chi connectivity index (χ0n) is 9.64. The zero-order chi connectivity index (χ0) is 11.4. The molecule has 2 rings (SSSR count). The Hall–Kier alpha value is -0.960. The van der Waals surface area contributed by atoms with Gasteiger partial charge in [0.05, 0.1) is 37.9 Å². The van der Waals surface area contributed by atoms with Crippen LogP contribution in [0, 0.1) is 11.8 Å². The van der Waals surface area contributed by atoms with Gasteiger partial charge in [0.15, 0.2) is 0 Å². The second-order valence-electron chi connectivity index (χ2n) is 4.53. The molecule has 0 aromatic heterocycles. The van der Waals surface area contributed by atoms with E-state index in [1.807, 2.05) is 0 Å². The first-order valence-corrected chi connectivity index (χ1v) is 5.95. The van der Waals surface area contributed by atoms with Gasteiger partial charge in [-0.05, 0) is 25.2 Å². The van der Waals surface area contributed by atoms with E-state index in [2.05, 4.69) is 13.2 Å². The molecule has 0 amide bonds. The molecule has 0 saturated carbocycles. The summed E-state index contributed by atoms with van der Waals surface area (Å²) in [6.45, 7) is 8.61. The summed E-state index contributed by atoms with van der Waals surface area (Å²) in [4.78, 5) is 0. The number of rotatable bonds is 7. The first-order chi connectivity index (χ1) is 7.85. The van der Waals surface area contributed by atoms with Crippen LogP contribution in [0.5, 0.6) is 0 Å². The van der Waals surface area contributed by atoms with Crippen LogP contribution >= 0.6 is 0 Å². The minimum atomic E-state index is 0.388. The fourth-order valence-corrected chi connectivity index (χ4v) is 2.82. The van der Waals surface area contributed by atoms with E-state index >= 15 is 0 Å². The molecule has 0 aromatic carbocycles. The molecule has 2 bridgehead atoms. The predicted molar refractivity (Wildman–Crippen MR) is 61.8 cm³/mol. The second kappa shape index (κ2) is 5.39. The minimum absolute atomic E-state index is 0.388. The Morgan fingerprint density at radius 1 is 1.06 bits per heavy atom. The van der Waals surface area contributed by atoms with Crippen molar-refractivity contribution < 1.29 is 14.2 Å². The van der Waals surface area contributed by atoms with Gasteiger partial charge in [0.25, 0.3) is 0 Å². The molecule has 0 aliphatic carbocycles. The highest BCUT2D eigenvalue weighted by Crippen LogP contribution is 2.44. The van der Waals surface area contributed by atoms with Gasteiger partial charge >= 0.3 is 0 Å². The predicted octanol–water partition coefficient (Wildman–Crippen LogP) is 2.49. The van der Waals surface area contributed by atoms with Crippen LogP contribution in [-0.2, 0) is 14.2 Å². The van der Waals surface area contributed by atoms with Crippen molar-refractivity contribution in [1.29, 1.82) is 0 Å². The molecule has 3 nitrogen and oxygen atoms in total. The highest BCUT2D eigenvalue weighted by molar-refractivity contribution is 4.94. The molecule has 3 heteroatoms. The van der Waals surface area contributed by atoms with Gasteiger partial charge in [-0.15, -0.1) is 0 Å². The molecule has 16 heavy (non-hydrogen) atoms. The number of hydrogen-bond acceptors (Lipinski definition) is 3. The van der Waals surface area contributed by atoms with Crippen LogP contribution in [0.15, 0.2) is 25.7 Å². The van der Waals surface area contributed by atoms with Crippen molar-refractivity contribution >= 4 is 0 Å². The van der Waals surface area contributed by atoms with Gasteiger partial charge in [0.2, 0.25) is 0 Å². The molecule has 0 spiro atoms. The van der Waals surface area contributed by atoms with Crippen molar-refractivity contribution in [2.24, 2.45) is 11.8 Å². The quantitative estimate of drug-likeness (QED) is 0.491. The third-order valence-electron chi connectivity index (χ3n) is 3.62. The van der Waals surface area contributed by atoms with Gasteiger partial charge in [-0.1, -0.05) is 13.2 Å². The van der Waals surface area contributed by atoms with Crippen LogP contribution in [-0.4, -0.2) is 25.4 Å². The van der Waals surface area contributed by atoms with Crippen LogP contribution < -0.4 is 0 Å². The number of fused-ring (bicyclic) bond motifs is 2. The Bertz CT molecular complexity index is 252. The normalized spacial score (nSPS) is 36.0. The monoisotopic (exact) mass is 224 g/mol. The summed E-state index contributed by atoms with van der Waals surface area (Å²) in [6, 6.07) is 0. The summed E-state index contributed by atoms with van der Waals surface area (Å²) in [5, 5.41) is 0. The first kappa shape index (κ1) is 11.5. The molecule has 0 aromatic rings. The number of ether oxygens (including phenoxy) is 3. The van der Waals surface area contributed by atoms with E-state index in [1.54, 1.807) is 0 Å². The van der Waals surface area contributed by atoms with Crippen LogP contribution in [0.25, 0.3) is 0 Å². The van der Waals surface area contributed by atoms with Gasteiger partial charge in [-0.3, -0.25) is 0 Å². The van der Waals surface area contributed by atoms with E-state index in [0.29, 0.717) is 24.0 Å². The van der Waals surface area contributed by atoms with E-state index in [1.165, 1.54) is 12.5 Å². The van der Waals surface area contributed by atoms with E-state index in [-0.39, 0.29) is 0 Å². The summed E-state index contributed by atoms with van der Waals surface area (Å²) in [5.74, 6) is 1.21. The molecule has 4 unspecified atom stereocenters. The Morgan fingerprint density at radius 2 is 1.75 bits per heavy atom. The molecule has 90 valence electrons. The molecule has 2 saturated heterocycles. The van der Waals surface area contributed by atoms with Crippen molar-refractivity contribution in [3.05, 3.63) is 25.7 Å². The lowest BCUT2D eigenvalue weighted by Gasteiger charge is -2.23. The highest BCUT2D eigenvalue weighted by atomic mass is 16.5. The summed E-state index contributed by atoms with van der Waals surface area (Å²) < 4.78 is 16.3. The fourth-order valence-electron chi connectivity index (χ4n) is 2.82. The van der Waals surface area contributed by atoms with E-state index in [9.17, 15) is 0 Å².